The lowest BCUT2D eigenvalue weighted by Gasteiger charge is -2.15. The van der Waals surface area contributed by atoms with Crippen LogP contribution in [0.2, 0.25) is 0 Å². The van der Waals surface area contributed by atoms with Crippen molar-refractivity contribution in [3.05, 3.63) is 55.1 Å². The quantitative estimate of drug-likeness (QED) is 0.771. The number of nitrogens with zero attached hydrogens (tertiary/aromatic N) is 4. The summed E-state index contributed by atoms with van der Waals surface area (Å²) in [4.78, 5) is 8.26. The average molecular weight is 269 g/mol. The molecule has 0 saturated carbocycles. The van der Waals surface area contributed by atoms with Gasteiger partial charge in [-0.2, -0.15) is 5.10 Å². The Hall–Kier alpha value is -2.63. The van der Waals surface area contributed by atoms with Crippen molar-refractivity contribution in [2.24, 2.45) is 0 Å². The number of aromatic nitrogens is 4. The van der Waals surface area contributed by atoms with Gasteiger partial charge in [-0.05, 0) is 30.7 Å². The summed E-state index contributed by atoms with van der Waals surface area (Å²) in [6.07, 6.45) is 7.50. The van der Waals surface area contributed by atoms with Crippen molar-refractivity contribution in [3.8, 4) is 5.82 Å². The summed E-state index contributed by atoms with van der Waals surface area (Å²) in [5, 5.41) is 7.44. The molecule has 0 aliphatic carbocycles. The third kappa shape index (κ3) is 2.54. The van der Waals surface area contributed by atoms with Crippen LogP contribution in [0.1, 0.15) is 25.1 Å². The summed E-state index contributed by atoms with van der Waals surface area (Å²) in [6, 6.07) is 7.87. The zero-order valence-electron chi connectivity index (χ0n) is 11.1. The third-order valence-electron chi connectivity index (χ3n) is 3.04. The first-order chi connectivity index (χ1) is 9.86. The molecule has 0 aliphatic heterocycles. The highest BCUT2D eigenvalue weighted by atomic mass is 16.3. The number of furan rings is 1. The lowest BCUT2D eigenvalue weighted by Crippen LogP contribution is -2.09. The maximum atomic E-state index is 5.44. The van der Waals surface area contributed by atoms with Gasteiger partial charge in [-0.3, -0.25) is 0 Å². The summed E-state index contributed by atoms with van der Waals surface area (Å²) in [5.41, 5.74) is 0.942. The lowest BCUT2D eigenvalue weighted by atomic mass is 10.1. The Bertz CT molecular complexity index is 631. The number of rotatable bonds is 5. The zero-order valence-corrected chi connectivity index (χ0v) is 11.1. The van der Waals surface area contributed by atoms with Gasteiger partial charge in [-0.1, -0.05) is 6.92 Å². The Morgan fingerprint density at radius 2 is 2.30 bits per heavy atom. The SMILES string of the molecule is CCC(Nc1ccc(-n2cncn2)nc1)c1ccco1. The molecule has 0 spiro atoms. The van der Waals surface area contributed by atoms with E-state index in [1.165, 1.54) is 6.33 Å². The van der Waals surface area contributed by atoms with Crippen LogP contribution in [0.25, 0.3) is 5.82 Å². The van der Waals surface area contributed by atoms with Gasteiger partial charge < -0.3 is 9.73 Å². The summed E-state index contributed by atoms with van der Waals surface area (Å²) < 4.78 is 7.05. The molecule has 3 aromatic heterocycles. The monoisotopic (exact) mass is 269 g/mol. The Kier molecular flexibility index (Phi) is 3.45. The van der Waals surface area contributed by atoms with E-state index in [2.05, 4.69) is 27.3 Å². The summed E-state index contributed by atoms with van der Waals surface area (Å²) >= 11 is 0. The van der Waals surface area contributed by atoms with E-state index in [1.54, 1.807) is 23.5 Å². The Morgan fingerprint density at radius 3 is 2.90 bits per heavy atom. The van der Waals surface area contributed by atoms with Crippen molar-refractivity contribution in [1.29, 1.82) is 0 Å². The van der Waals surface area contributed by atoms with Gasteiger partial charge in [0.1, 0.15) is 18.4 Å². The fourth-order valence-corrected chi connectivity index (χ4v) is 2.00. The van der Waals surface area contributed by atoms with E-state index < -0.39 is 0 Å². The average Bonchev–Trinajstić information content (AvgIpc) is 3.18. The molecule has 1 N–H and O–H groups in total. The topological polar surface area (TPSA) is 68.8 Å². The molecule has 1 atom stereocenters. The fourth-order valence-electron chi connectivity index (χ4n) is 2.00. The molecule has 0 bridgehead atoms. The largest absolute Gasteiger partial charge is 0.467 e. The molecule has 3 aromatic rings. The summed E-state index contributed by atoms with van der Waals surface area (Å²) in [5.74, 6) is 1.66. The zero-order chi connectivity index (χ0) is 13.8. The van der Waals surface area contributed by atoms with Gasteiger partial charge in [0.15, 0.2) is 5.82 Å². The van der Waals surface area contributed by atoms with Gasteiger partial charge in [0, 0.05) is 0 Å². The van der Waals surface area contributed by atoms with Crippen molar-refractivity contribution in [2.45, 2.75) is 19.4 Å². The Labute approximate surface area is 116 Å². The molecule has 0 fully saturated rings. The minimum atomic E-state index is 0.143. The Balaban J connectivity index is 1.75. The van der Waals surface area contributed by atoms with Crippen LogP contribution in [0.15, 0.2) is 53.8 Å². The number of pyridine rings is 1. The molecule has 20 heavy (non-hydrogen) atoms. The molecule has 0 saturated heterocycles. The number of anilines is 1. The van der Waals surface area contributed by atoms with Crippen molar-refractivity contribution in [2.75, 3.05) is 5.32 Å². The third-order valence-corrected chi connectivity index (χ3v) is 3.04. The molecule has 3 heterocycles. The first kappa shape index (κ1) is 12.4. The minimum Gasteiger partial charge on any atom is -0.467 e. The van der Waals surface area contributed by atoms with E-state index in [0.29, 0.717) is 0 Å². The first-order valence-electron chi connectivity index (χ1n) is 6.48. The predicted molar refractivity (Wildman–Crippen MR) is 74.5 cm³/mol. The lowest BCUT2D eigenvalue weighted by molar-refractivity contribution is 0.474. The number of hydrogen-bond donors (Lipinski definition) is 1. The van der Waals surface area contributed by atoms with Crippen molar-refractivity contribution in [1.82, 2.24) is 19.7 Å². The second-order valence-electron chi connectivity index (χ2n) is 4.37. The van der Waals surface area contributed by atoms with Gasteiger partial charge in [0.25, 0.3) is 0 Å². The second-order valence-corrected chi connectivity index (χ2v) is 4.37. The molecule has 6 heteroatoms. The fraction of sp³-hybridized carbons (Fsp3) is 0.214. The van der Waals surface area contributed by atoms with E-state index in [9.17, 15) is 0 Å². The van der Waals surface area contributed by atoms with Crippen LogP contribution in [-0.2, 0) is 0 Å². The second kappa shape index (κ2) is 5.56. The molecular weight excluding hydrogens is 254 g/mol. The van der Waals surface area contributed by atoms with Gasteiger partial charge in [-0.15, -0.1) is 0 Å². The highest BCUT2D eigenvalue weighted by Crippen LogP contribution is 2.22. The van der Waals surface area contributed by atoms with Gasteiger partial charge in [0.05, 0.1) is 24.2 Å². The number of hydrogen-bond acceptors (Lipinski definition) is 5. The first-order valence-corrected chi connectivity index (χ1v) is 6.48. The molecule has 0 amide bonds. The molecule has 6 nitrogen and oxygen atoms in total. The highest BCUT2D eigenvalue weighted by Gasteiger charge is 2.11. The van der Waals surface area contributed by atoms with Crippen LogP contribution in [0.3, 0.4) is 0 Å². The van der Waals surface area contributed by atoms with Gasteiger partial charge in [-0.25, -0.2) is 14.6 Å². The van der Waals surface area contributed by atoms with Crippen LogP contribution >= 0.6 is 0 Å². The van der Waals surface area contributed by atoms with Crippen molar-refractivity contribution in [3.63, 3.8) is 0 Å². The van der Waals surface area contributed by atoms with E-state index in [-0.39, 0.29) is 6.04 Å². The summed E-state index contributed by atoms with van der Waals surface area (Å²) in [7, 11) is 0. The van der Waals surface area contributed by atoms with Gasteiger partial charge in [0.2, 0.25) is 0 Å². The van der Waals surface area contributed by atoms with Crippen LogP contribution in [0.4, 0.5) is 5.69 Å². The normalized spacial score (nSPS) is 12.2. The van der Waals surface area contributed by atoms with Crippen LogP contribution in [-0.4, -0.2) is 19.7 Å². The van der Waals surface area contributed by atoms with Gasteiger partial charge >= 0.3 is 0 Å². The smallest absolute Gasteiger partial charge is 0.155 e. The molecule has 3 rings (SSSR count). The maximum Gasteiger partial charge on any atom is 0.155 e. The number of nitrogens with one attached hydrogen (secondary N) is 1. The van der Waals surface area contributed by atoms with Crippen LogP contribution in [0.5, 0.6) is 0 Å². The molecule has 0 aromatic carbocycles. The van der Waals surface area contributed by atoms with E-state index in [0.717, 1.165) is 23.7 Å². The molecule has 0 aliphatic rings. The Morgan fingerprint density at radius 1 is 1.35 bits per heavy atom. The van der Waals surface area contributed by atoms with E-state index >= 15 is 0 Å². The molecule has 0 radical (unpaired) electrons. The van der Waals surface area contributed by atoms with E-state index in [1.807, 2.05) is 24.3 Å². The van der Waals surface area contributed by atoms with Crippen LogP contribution in [0, 0.1) is 0 Å². The molecule has 1 unspecified atom stereocenters. The summed E-state index contributed by atoms with van der Waals surface area (Å²) in [6.45, 7) is 2.11. The standard InChI is InChI=1S/C14H15N5O/c1-2-12(13-4-3-7-20-13)18-11-5-6-14(16-8-11)19-10-15-9-17-19/h3-10,12,18H,2H2,1H3. The van der Waals surface area contributed by atoms with Crippen LogP contribution < -0.4 is 5.32 Å². The minimum absolute atomic E-state index is 0.143. The molecule has 102 valence electrons. The maximum absolute atomic E-state index is 5.44. The molecular formula is C14H15N5O. The van der Waals surface area contributed by atoms with Crippen molar-refractivity contribution >= 4 is 5.69 Å². The predicted octanol–water partition coefficient (Wildman–Crippen LogP) is 2.82. The van der Waals surface area contributed by atoms with E-state index in [4.69, 9.17) is 4.42 Å². The van der Waals surface area contributed by atoms with Crippen molar-refractivity contribution < 1.29 is 4.42 Å². The highest BCUT2D eigenvalue weighted by molar-refractivity contribution is 5.45.